The van der Waals surface area contributed by atoms with Crippen LogP contribution in [-0.2, 0) is 31.6 Å². The third-order valence-corrected chi connectivity index (χ3v) is 7.35. The van der Waals surface area contributed by atoms with Gasteiger partial charge in [-0.15, -0.1) is 0 Å². The Kier molecular flexibility index (Phi) is 10.3. The molecule has 0 aliphatic heterocycles. The Balaban J connectivity index is 2.43. The van der Waals surface area contributed by atoms with Gasteiger partial charge in [0, 0.05) is 13.1 Å². The minimum atomic E-state index is -3.76. The van der Waals surface area contributed by atoms with Crippen LogP contribution in [0.2, 0.25) is 0 Å². The lowest BCUT2D eigenvalue weighted by Gasteiger charge is -2.33. The highest BCUT2D eigenvalue weighted by atomic mass is 32.2. The maximum atomic E-state index is 13.8. The summed E-state index contributed by atoms with van der Waals surface area (Å²) in [4.78, 5) is 28.4. The van der Waals surface area contributed by atoms with E-state index in [1.807, 2.05) is 64.1 Å². The molecule has 37 heavy (non-hydrogen) atoms. The number of hydrogen-bond donors (Lipinski definition) is 1. The Bertz CT molecular complexity index is 1170. The first-order chi connectivity index (χ1) is 17.1. The molecule has 0 bridgehead atoms. The molecule has 0 radical (unpaired) electrons. The van der Waals surface area contributed by atoms with E-state index in [9.17, 15) is 18.0 Å². The number of aryl methyl sites for hydroxylation is 1. The Morgan fingerprint density at radius 1 is 1.03 bits per heavy atom. The fraction of sp³-hybridized carbons (Fsp3) is 0.517. The fourth-order valence-electron chi connectivity index (χ4n) is 4.09. The summed E-state index contributed by atoms with van der Waals surface area (Å²) in [7, 11) is -3.76. The molecule has 204 valence electrons. The van der Waals surface area contributed by atoms with Gasteiger partial charge in [0.25, 0.3) is 0 Å². The molecule has 2 rings (SSSR count). The molecule has 2 aromatic rings. The normalized spacial score (nSPS) is 12.8. The molecule has 0 saturated carbocycles. The number of anilines is 1. The number of nitrogens with zero attached hydrogens (tertiary/aromatic N) is 2. The second-order valence-corrected chi connectivity index (χ2v) is 13.0. The van der Waals surface area contributed by atoms with Crippen LogP contribution in [-0.4, -0.2) is 50.5 Å². The number of sulfonamides is 1. The smallest absolute Gasteiger partial charge is 0.244 e. The van der Waals surface area contributed by atoms with Crippen molar-refractivity contribution < 1.29 is 18.0 Å². The van der Waals surface area contributed by atoms with Gasteiger partial charge in [-0.3, -0.25) is 13.9 Å². The molecule has 2 aromatic carbocycles. The van der Waals surface area contributed by atoms with Crippen molar-refractivity contribution in [3.05, 3.63) is 65.2 Å². The summed E-state index contributed by atoms with van der Waals surface area (Å²) >= 11 is 0. The van der Waals surface area contributed by atoms with Crippen LogP contribution >= 0.6 is 0 Å². The summed E-state index contributed by atoms with van der Waals surface area (Å²) in [5.74, 6) is -0.407. The molecule has 0 saturated heterocycles. The zero-order chi connectivity index (χ0) is 28.0. The van der Waals surface area contributed by atoms with Crippen LogP contribution in [0.3, 0.4) is 0 Å². The van der Waals surface area contributed by atoms with Crippen molar-refractivity contribution in [2.24, 2.45) is 5.92 Å². The average molecular weight is 530 g/mol. The maximum Gasteiger partial charge on any atom is 0.244 e. The van der Waals surface area contributed by atoms with Crippen LogP contribution in [0.25, 0.3) is 0 Å². The molecule has 0 aromatic heterocycles. The standard InChI is InChI=1S/C29H43N3O4S/c1-9-26(28(34)30-18-21(2)3)31(19-23-12-10-11-22(4)17-23)27(33)20-32(37(8,35)36)25-15-13-24(14-16-25)29(5,6)7/h10-17,21,26H,9,18-20H2,1-8H3,(H,30,34). The topological polar surface area (TPSA) is 86.8 Å². The number of amides is 2. The van der Waals surface area contributed by atoms with E-state index in [4.69, 9.17) is 0 Å². The first-order valence-electron chi connectivity index (χ1n) is 12.8. The van der Waals surface area contributed by atoms with Crippen molar-refractivity contribution in [1.29, 1.82) is 0 Å². The number of benzene rings is 2. The Labute approximate surface area is 223 Å². The molecule has 0 spiro atoms. The summed E-state index contributed by atoms with van der Waals surface area (Å²) in [6.07, 6.45) is 1.50. The Morgan fingerprint density at radius 2 is 1.65 bits per heavy atom. The van der Waals surface area contributed by atoms with E-state index in [0.717, 1.165) is 27.3 Å². The first kappa shape index (κ1) is 30.4. The third kappa shape index (κ3) is 8.88. The van der Waals surface area contributed by atoms with Gasteiger partial charge >= 0.3 is 0 Å². The molecule has 0 fully saturated rings. The predicted molar refractivity (Wildman–Crippen MR) is 151 cm³/mol. The van der Waals surface area contributed by atoms with Gasteiger partial charge in [0.05, 0.1) is 11.9 Å². The van der Waals surface area contributed by atoms with Gasteiger partial charge in [0.2, 0.25) is 21.8 Å². The molecule has 1 unspecified atom stereocenters. The number of hydrogen-bond acceptors (Lipinski definition) is 4. The fourth-order valence-corrected chi connectivity index (χ4v) is 4.94. The number of carbonyl (C=O) groups is 2. The quantitative estimate of drug-likeness (QED) is 0.460. The lowest BCUT2D eigenvalue weighted by molar-refractivity contribution is -0.140. The van der Waals surface area contributed by atoms with Gasteiger partial charge in [-0.05, 0) is 47.9 Å². The molecule has 8 heteroatoms. The van der Waals surface area contributed by atoms with Gasteiger partial charge in [0.15, 0.2) is 0 Å². The molecular weight excluding hydrogens is 486 g/mol. The molecule has 2 amide bonds. The van der Waals surface area contributed by atoms with E-state index in [1.165, 1.54) is 4.90 Å². The molecule has 0 aliphatic rings. The lowest BCUT2D eigenvalue weighted by atomic mass is 9.87. The molecule has 1 atom stereocenters. The van der Waals surface area contributed by atoms with Crippen LogP contribution in [0.4, 0.5) is 5.69 Å². The summed E-state index contributed by atoms with van der Waals surface area (Å²) in [6.45, 7) is 14.4. The maximum absolute atomic E-state index is 13.8. The van der Waals surface area contributed by atoms with E-state index in [-0.39, 0.29) is 23.8 Å². The highest BCUT2D eigenvalue weighted by Gasteiger charge is 2.32. The molecule has 0 heterocycles. The zero-order valence-electron chi connectivity index (χ0n) is 23.5. The number of carbonyl (C=O) groups excluding carboxylic acids is 2. The summed E-state index contributed by atoms with van der Waals surface area (Å²) in [6, 6.07) is 14.3. The van der Waals surface area contributed by atoms with Crippen molar-refractivity contribution in [1.82, 2.24) is 10.2 Å². The Morgan fingerprint density at radius 3 is 2.14 bits per heavy atom. The zero-order valence-corrected chi connectivity index (χ0v) is 24.4. The SMILES string of the molecule is CCC(C(=O)NCC(C)C)N(Cc1cccc(C)c1)C(=O)CN(c1ccc(C(C)(C)C)cc1)S(C)(=O)=O. The second-order valence-electron chi connectivity index (χ2n) is 11.1. The lowest BCUT2D eigenvalue weighted by Crippen LogP contribution is -2.52. The van der Waals surface area contributed by atoms with Crippen molar-refractivity contribution in [2.75, 3.05) is 23.7 Å². The summed E-state index contributed by atoms with van der Waals surface area (Å²) < 4.78 is 26.7. The van der Waals surface area contributed by atoms with Gasteiger partial charge < -0.3 is 10.2 Å². The largest absolute Gasteiger partial charge is 0.354 e. The Hall–Kier alpha value is -2.87. The van der Waals surface area contributed by atoms with Gasteiger partial charge in [-0.1, -0.05) is 83.5 Å². The van der Waals surface area contributed by atoms with Crippen molar-refractivity contribution in [2.45, 2.75) is 72.9 Å². The van der Waals surface area contributed by atoms with E-state index in [1.54, 1.807) is 12.1 Å². The summed E-state index contributed by atoms with van der Waals surface area (Å²) in [5, 5.41) is 2.94. The van der Waals surface area contributed by atoms with Crippen molar-refractivity contribution >= 4 is 27.5 Å². The van der Waals surface area contributed by atoms with Crippen LogP contribution < -0.4 is 9.62 Å². The second kappa shape index (κ2) is 12.6. The molecule has 0 aliphatic carbocycles. The van der Waals surface area contributed by atoms with Crippen LogP contribution in [0.15, 0.2) is 48.5 Å². The van der Waals surface area contributed by atoms with E-state index in [2.05, 4.69) is 26.1 Å². The van der Waals surface area contributed by atoms with Gasteiger partial charge in [-0.25, -0.2) is 8.42 Å². The van der Waals surface area contributed by atoms with Gasteiger partial charge in [-0.2, -0.15) is 0 Å². The average Bonchev–Trinajstić information content (AvgIpc) is 2.79. The van der Waals surface area contributed by atoms with Crippen LogP contribution in [0.5, 0.6) is 0 Å². The number of nitrogens with one attached hydrogen (secondary N) is 1. The number of rotatable bonds is 11. The first-order valence-corrected chi connectivity index (χ1v) is 14.7. The van der Waals surface area contributed by atoms with Crippen LogP contribution in [0, 0.1) is 12.8 Å². The predicted octanol–water partition coefficient (Wildman–Crippen LogP) is 4.64. The van der Waals surface area contributed by atoms with Crippen LogP contribution in [0.1, 0.15) is 64.7 Å². The highest BCUT2D eigenvalue weighted by molar-refractivity contribution is 7.92. The monoisotopic (exact) mass is 529 g/mol. The molecule has 1 N–H and O–H groups in total. The van der Waals surface area contributed by atoms with Crippen molar-refractivity contribution in [3.63, 3.8) is 0 Å². The van der Waals surface area contributed by atoms with E-state index >= 15 is 0 Å². The minimum Gasteiger partial charge on any atom is -0.354 e. The third-order valence-electron chi connectivity index (χ3n) is 6.21. The molecular formula is C29H43N3O4S. The van der Waals surface area contributed by atoms with E-state index < -0.39 is 28.5 Å². The summed E-state index contributed by atoms with van der Waals surface area (Å²) in [5.41, 5.74) is 3.30. The van der Waals surface area contributed by atoms with E-state index in [0.29, 0.717) is 18.7 Å². The highest BCUT2D eigenvalue weighted by Crippen LogP contribution is 2.26. The molecule has 7 nitrogen and oxygen atoms in total. The minimum absolute atomic E-state index is 0.0907. The van der Waals surface area contributed by atoms with Crippen molar-refractivity contribution in [3.8, 4) is 0 Å². The van der Waals surface area contributed by atoms with Gasteiger partial charge in [0.1, 0.15) is 12.6 Å².